The molecule has 3 amide bonds. The van der Waals surface area contributed by atoms with Gasteiger partial charge in [0.1, 0.15) is 11.8 Å². The number of phenols is 1. The fraction of sp³-hybridized carbons (Fsp3) is 0.226. The van der Waals surface area contributed by atoms with Crippen molar-refractivity contribution in [3.05, 3.63) is 98.0 Å². The van der Waals surface area contributed by atoms with E-state index in [4.69, 9.17) is 4.74 Å². The number of benzene rings is 3. The van der Waals surface area contributed by atoms with Gasteiger partial charge in [0.15, 0.2) is 11.5 Å². The van der Waals surface area contributed by atoms with Crippen molar-refractivity contribution >= 4 is 52.2 Å². The van der Waals surface area contributed by atoms with E-state index in [0.717, 1.165) is 34.2 Å². The standard InChI is InChI=1S/C31H27N3O6S2/c1-16-4-9-19(10-5-16)32-23(36)15-33-30-27(42-31(33)39)24(18-8-13-21(35)22(14-18)40-3)25-26(41-30)29(38)34(28(25)37)20-11-6-17(2)7-12-20/h4-14,24-26,35H,15H2,1-3H3,(H,32,36). The zero-order valence-corrected chi connectivity index (χ0v) is 24.6. The van der Waals surface area contributed by atoms with Gasteiger partial charge in [0.05, 0.1) is 23.7 Å². The second kappa shape index (κ2) is 10.8. The molecule has 0 radical (unpaired) electrons. The van der Waals surface area contributed by atoms with E-state index in [1.165, 1.54) is 22.6 Å². The van der Waals surface area contributed by atoms with E-state index < -0.39 is 17.1 Å². The molecule has 11 heteroatoms. The molecule has 6 rings (SSSR count). The maximum Gasteiger partial charge on any atom is 0.308 e. The number of aromatic nitrogens is 1. The Labute approximate surface area is 249 Å². The number of fused-ring (bicyclic) bond motifs is 2. The van der Waals surface area contributed by atoms with Crippen molar-refractivity contribution in [2.45, 2.75) is 36.6 Å². The van der Waals surface area contributed by atoms with Crippen molar-refractivity contribution < 1.29 is 24.2 Å². The zero-order valence-electron chi connectivity index (χ0n) is 23.0. The molecule has 9 nitrogen and oxygen atoms in total. The van der Waals surface area contributed by atoms with Crippen molar-refractivity contribution in [1.29, 1.82) is 0 Å². The van der Waals surface area contributed by atoms with Crippen LogP contribution in [-0.4, -0.2) is 39.8 Å². The number of carbonyl (C=O) groups is 3. The molecule has 2 N–H and O–H groups in total. The van der Waals surface area contributed by atoms with Gasteiger partial charge in [-0.15, -0.1) is 0 Å². The van der Waals surface area contributed by atoms with Crippen molar-refractivity contribution in [2.24, 2.45) is 5.92 Å². The molecule has 3 heterocycles. The molecule has 1 fully saturated rings. The molecule has 0 saturated carbocycles. The number of anilines is 2. The van der Waals surface area contributed by atoms with E-state index in [2.05, 4.69) is 5.32 Å². The minimum atomic E-state index is -0.823. The van der Waals surface area contributed by atoms with Gasteiger partial charge in [0.2, 0.25) is 17.7 Å². The first-order chi connectivity index (χ1) is 20.2. The number of rotatable bonds is 6. The van der Waals surface area contributed by atoms with Crippen LogP contribution in [0.3, 0.4) is 0 Å². The third kappa shape index (κ3) is 4.78. The molecule has 2 aliphatic rings. The summed E-state index contributed by atoms with van der Waals surface area (Å²) in [5.41, 5.74) is 3.74. The van der Waals surface area contributed by atoms with E-state index in [1.54, 1.807) is 36.4 Å². The summed E-state index contributed by atoms with van der Waals surface area (Å²) in [6.07, 6.45) is 0. The molecule has 4 aromatic rings. The number of aryl methyl sites for hydroxylation is 2. The number of amides is 3. The van der Waals surface area contributed by atoms with E-state index in [-0.39, 0.29) is 40.6 Å². The van der Waals surface area contributed by atoms with Gasteiger partial charge in [-0.1, -0.05) is 64.6 Å². The fourth-order valence-corrected chi connectivity index (χ4v) is 8.20. The topological polar surface area (TPSA) is 118 Å². The minimum absolute atomic E-state index is 0.0724. The van der Waals surface area contributed by atoms with Crippen LogP contribution in [-0.2, 0) is 20.9 Å². The Morgan fingerprint density at radius 2 is 1.62 bits per heavy atom. The Balaban J connectivity index is 1.43. The van der Waals surface area contributed by atoms with Gasteiger partial charge in [-0.3, -0.25) is 23.7 Å². The molecule has 0 bridgehead atoms. The number of methoxy groups -OCH3 is 1. The molecule has 42 heavy (non-hydrogen) atoms. The van der Waals surface area contributed by atoms with Crippen LogP contribution in [0, 0.1) is 19.8 Å². The Morgan fingerprint density at radius 3 is 2.29 bits per heavy atom. The highest BCUT2D eigenvalue weighted by atomic mass is 32.2. The molecule has 1 aromatic heterocycles. The summed E-state index contributed by atoms with van der Waals surface area (Å²) in [6.45, 7) is 3.62. The quantitative estimate of drug-likeness (QED) is 0.308. The number of carbonyl (C=O) groups excluding carboxylic acids is 3. The number of nitrogens with zero attached hydrogens (tertiary/aromatic N) is 2. The van der Waals surface area contributed by atoms with Gasteiger partial charge in [0.25, 0.3) is 0 Å². The Kier molecular flexibility index (Phi) is 7.15. The van der Waals surface area contributed by atoms with Crippen LogP contribution < -0.4 is 19.8 Å². The van der Waals surface area contributed by atoms with Crippen LogP contribution >= 0.6 is 23.1 Å². The monoisotopic (exact) mass is 601 g/mol. The lowest BCUT2D eigenvalue weighted by atomic mass is 9.83. The van der Waals surface area contributed by atoms with Crippen molar-refractivity contribution in [2.75, 3.05) is 17.3 Å². The number of hydrogen-bond donors (Lipinski definition) is 2. The van der Waals surface area contributed by atoms with E-state index >= 15 is 0 Å². The van der Waals surface area contributed by atoms with Gasteiger partial charge in [-0.25, -0.2) is 4.90 Å². The number of aromatic hydroxyl groups is 1. The predicted octanol–water partition coefficient (Wildman–Crippen LogP) is 4.68. The normalized spacial score (nSPS) is 19.4. The number of phenolic OH excluding ortho intramolecular Hbond substituents is 1. The Morgan fingerprint density at radius 1 is 0.952 bits per heavy atom. The number of nitrogens with one attached hydrogen (secondary N) is 1. The van der Waals surface area contributed by atoms with E-state index in [9.17, 15) is 24.3 Å². The van der Waals surface area contributed by atoms with Crippen LogP contribution in [0.4, 0.5) is 11.4 Å². The summed E-state index contributed by atoms with van der Waals surface area (Å²) >= 11 is 2.11. The lowest BCUT2D eigenvalue weighted by Crippen LogP contribution is -2.33. The predicted molar refractivity (Wildman–Crippen MR) is 162 cm³/mol. The van der Waals surface area contributed by atoms with Crippen LogP contribution in [0.2, 0.25) is 0 Å². The summed E-state index contributed by atoms with van der Waals surface area (Å²) in [6, 6.07) is 19.3. The second-order valence-electron chi connectivity index (χ2n) is 10.4. The van der Waals surface area contributed by atoms with Crippen molar-refractivity contribution in [1.82, 2.24) is 4.57 Å². The lowest BCUT2D eigenvalue weighted by molar-refractivity contribution is -0.122. The molecule has 1 saturated heterocycles. The largest absolute Gasteiger partial charge is 0.504 e. The second-order valence-corrected chi connectivity index (χ2v) is 12.5. The first-order valence-electron chi connectivity index (χ1n) is 13.2. The van der Waals surface area contributed by atoms with Gasteiger partial charge >= 0.3 is 4.87 Å². The van der Waals surface area contributed by atoms with Crippen molar-refractivity contribution in [3.8, 4) is 11.5 Å². The molecular formula is C31H27N3O6S2. The van der Waals surface area contributed by atoms with Crippen molar-refractivity contribution in [3.63, 3.8) is 0 Å². The number of ether oxygens (including phenoxy) is 1. The summed E-state index contributed by atoms with van der Waals surface area (Å²) in [5.74, 6) is -2.48. The van der Waals surface area contributed by atoms with Crippen LogP contribution in [0.5, 0.6) is 11.5 Å². The molecular weight excluding hydrogens is 574 g/mol. The number of imide groups is 1. The highest BCUT2D eigenvalue weighted by Gasteiger charge is 2.57. The lowest BCUT2D eigenvalue weighted by Gasteiger charge is -2.31. The molecule has 2 aliphatic heterocycles. The number of thiazole rings is 1. The number of hydrogen-bond acceptors (Lipinski definition) is 8. The van der Waals surface area contributed by atoms with Gasteiger partial charge in [0, 0.05) is 16.5 Å². The number of thioether (sulfide) groups is 1. The van der Waals surface area contributed by atoms with Gasteiger partial charge < -0.3 is 15.2 Å². The summed E-state index contributed by atoms with van der Waals surface area (Å²) in [5, 5.41) is 12.7. The van der Waals surface area contributed by atoms with Gasteiger partial charge in [-0.05, 0) is 55.8 Å². The highest BCUT2D eigenvalue weighted by molar-refractivity contribution is 8.00. The van der Waals surface area contributed by atoms with Crippen LogP contribution in [0.25, 0.3) is 0 Å². The Bertz CT molecular complexity index is 1780. The van der Waals surface area contributed by atoms with E-state index in [0.29, 0.717) is 26.8 Å². The Hall–Kier alpha value is -4.35. The molecule has 0 aliphatic carbocycles. The first kappa shape index (κ1) is 27.8. The SMILES string of the molecule is COc1cc(C2c3sc(=O)n(CC(=O)Nc4ccc(C)cc4)c3SC3C(=O)N(c4ccc(C)cc4)C(=O)C32)ccc1O. The molecule has 3 atom stereocenters. The van der Waals surface area contributed by atoms with E-state index in [1.807, 2.05) is 38.1 Å². The summed E-state index contributed by atoms with van der Waals surface area (Å²) < 4.78 is 6.71. The zero-order chi connectivity index (χ0) is 29.7. The maximum atomic E-state index is 14.0. The third-order valence-electron chi connectivity index (χ3n) is 7.54. The third-order valence-corrected chi connectivity index (χ3v) is 10.1. The molecule has 3 aromatic carbocycles. The van der Waals surface area contributed by atoms with Crippen LogP contribution in [0.15, 0.2) is 76.6 Å². The maximum absolute atomic E-state index is 14.0. The highest BCUT2D eigenvalue weighted by Crippen LogP contribution is 2.54. The molecule has 3 unspecified atom stereocenters. The minimum Gasteiger partial charge on any atom is -0.504 e. The molecule has 214 valence electrons. The average Bonchev–Trinajstić information content (AvgIpc) is 3.41. The molecule has 0 spiro atoms. The summed E-state index contributed by atoms with van der Waals surface area (Å²) in [7, 11) is 1.43. The summed E-state index contributed by atoms with van der Waals surface area (Å²) in [4.78, 5) is 55.7. The fourth-order valence-electron chi connectivity index (χ4n) is 5.43. The smallest absolute Gasteiger partial charge is 0.308 e. The first-order valence-corrected chi connectivity index (χ1v) is 14.9. The average molecular weight is 602 g/mol. The van der Waals surface area contributed by atoms with Crippen LogP contribution in [0.1, 0.15) is 27.5 Å². The van der Waals surface area contributed by atoms with Gasteiger partial charge in [-0.2, -0.15) is 0 Å².